The Morgan fingerprint density at radius 3 is 2.51 bits per heavy atom. The number of furan rings is 1. The van der Waals surface area contributed by atoms with E-state index < -0.39 is 10.0 Å². The number of ether oxygens (including phenoxy) is 1. The molecule has 2 aromatic carbocycles. The first kappa shape index (κ1) is 25.0. The van der Waals surface area contributed by atoms with Crippen molar-refractivity contribution in [3.05, 3.63) is 83.8 Å². The molecule has 3 aromatic rings. The van der Waals surface area contributed by atoms with Gasteiger partial charge < -0.3 is 14.5 Å². The summed E-state index contributed by atoms with van der Waals surface area (Å²) in [6, 6.07) is 17.4. The van der Waals surface area contributed by atoms with Gasteiger partial charge in [0.25, 0.3) is 5.91 Å². The van der Waals surface area contributed by atoms with Crippen LogP contribution in [0.5, 0.6) is 5.75 Å². The maximum Gasteiger partial charge on any atom is 0.251 e. The molecular formula is C26H31N3O5S. The van der Waals surface area contributed by atoms with Crippen LogP contribution in [-0.4, -0.2) is 46.0 Å². The first-order chi connectivity index (χ1) is 17.0. The van der Waals surface area contributed by atoms with Crippen molar-refractivity contribution < 1.29 is 22.4 Å². The predicted molar refractivity (Wildman–Crippen MR) is 133 cm³/mol. The fourth-order valence-electron chi connectivity index (χ4n) is 4.27. The molecule has 8 nitrogen and oxygen atoms in total. The highest BCUT2D eigenvalue weighted by Crippen LogP contribution is 2.26. The number of hydrogen-bond donors (Lipinski definition) is 2. The summed E-state index contributed by atoms with van der Waals surface area (Å²) in [7, 11) is -2.16. The number of nitrogens with one attached hydrogen (secondary N) is 2. The molecule has 0 unspecified atom stereocenters. The maximum absolute atomic E-state index is 13.0. The largest absolute Gasteiger partial charge is 0.497 e. The van der Waals surface area contributed by atoms with Crippen LogP contribution in [0.25, 0.3) is 0 Å². The minimum atomic E-state index is -3.80. The molecule has 186 valence electrons. The van der Waals surface area contributed by atoms with Gasteiger partial charge in [0.2, 0.25) is 10.0 Å². The van der Waals surface area contributed by atoms with E-state index in [9.17, 15) is 13.2 Å². The minimum Gasteiger partial charge on any atom is -0.497 e. The molecule has 0 spiro atoms. The molecule has 35 heavy (non-hydrogen) atoms. The van der Waals surface area contributed by atoms with Crippen LogP contribution in [0.1, 0.15) is 47.0 Å². The van der Waals surface area contributed by atoms with E-state index in [-0.39, 0.29) is 29.0 Å². The summed E-state index contributed by atoms with van der Waals surface area (Å²) in [6.45, 7) is 2.40. The molecule has 2 heterocycles. The molecule has 0 aliphatic carbocycles. The van der Waals surface area contributed by atoms with Gasteiger partial charge in [0.1, 0.15) is 11.5 Å². The van der Waals surface area contributed by atoms with E-state index in [2.05, 4.69) is 14.9 Å². The average molecular weight is 498 g/mol. The van der Waals surface area contributed by atoms with Gasteiger partial charge >= 0.3 is 0 Å². The van der Waals surface area contributed by atoms with Crippen LogP contribution in [0.15, 0.2) is 76.2 Å². The lowest BCUT2D eigenvalue weighted by molar-refractivity contribution is 0.0924. The summed E-state index contributed by atoms with van der Waals surface area (Å²) in [5, 5.41) is 3.01. The third kappa shape index (κ3) is 6.50. The van der Waals surface area contributed by atoms with Crippen LogP contribution in [0.3, 0.4) is 0 Å². The van der Waals surface area contributed by atoms with Crippen molar-refractivity contribution in [2.75, 3.05) is 26.7 Å². The number of carbonyl (C=O) groups is 1. The number of sulfonamides is 1. The Morgan fingerprint density at radius 2 is 1.83 bits per heavy atom. The SMILES string of the molecule is COc1ccc([C@@H](CNC(=O)c2cccc(S(=O)(=O)NCc3ccco3)c2)N2CCCCC2)cc1. The third-order valence-electron chi connectivity index (χ3n) is 6.21. The first-order valence-electron chi connectivity index (χ1n) is 11.7. The number of rotatable bonds is 10. The number of piperidine rings is 1. The van der Waals surface area contributed by atoms with Crippen molar-refractivity contribution in [3.63, 3.8) is 0 Å². The molecule has 1 atom stereocenters. The number of methoxy groups -OCH3 is 1. The van der Waals surface area contributed by atoms with Gasteiger partial charge in [0, 0.05) is 12.1 Å². The molecule has 9 heteroatoms. The topological polar surface area (TPSA) is 101 Å². The van der Waals surface area contributed by atoms with Crippen LogP contribution in [0.4, 0.5) is 0 Å². The zero-order valence-electron chi connectivity index (χ0n) is 19.8. The Bertz CT molecular complexity index is 1200. The van der Waals surface area contributed by atoms with Crippen molar-refractivity contribution in [3.8, 4) is 5.75 Å². The second-order valence-corrected chi connectivity index (χ2v) is 10.3. The van der Waals surface area contributed by atoms with Crippen LogP contribution in [-0.2, 0) is 16.6 Å². The summed E-state index contributed by atoms with van der Waals surface area (Å²) < 4.78 is 38.4. The van der Waals surface area contributed by atoms with Gasteiger partial charge in [-0.2, -0.15) is 0 Å². The van der Waals surface area contributed by atoms with Gasteiger partial charge in [-0.1, -0.05) is 24.6 Å². The summed E-state index contributed by atoms with van der Waals surface area (Å²) >= 11 is 0. The van der Waals surface area contributed by atoms with Crippen LogP contribution in [0, 0.1) is 0 Å². The number of hydrogen-bond acceptors (Lipinski definition) is 6. The molecule has 1 fully saturated rings. The highest BCUT2D eigenvalue weighted by atomic mass is 32.2. The normalized spacial score (nSPS) is 15.5. The number of carbonyl (C=O) groups excluding carboxylic acids is 1. The molecule has 1 aliphatic heterocycles. The van der Waals surface area contributed by atoms with Crippen LogP contribution in [0.2, 0.25) is 0 Å². The minimum absolute atomic E-state index is 0.0204. The number of amides is 1. The lowest BCUT2D eigenvalue weighted by Crippen LogP contribution is -2.40. The molecule has 1 aromatic heterocycles. The molecule has 0 radical (unpaired) electrons. The zero-order chi connectivity index (χ0) is 24.7. The predicted octanol–water partition coefficient (Wildman–Crippen LogP) is 3.72. The molecule has 1 saturated heterocycles. The molecule has 1 aliphatic rings. The van der Waals surface area contributed by atoms with E-state index in [1.807, 2.05) is 24.3 Å². The number of benzene rings is 2. The smallest absolute Gasteiger partial charge is 0.251 e. The Balaban J connectivity index is 1.45. The van der Waals surface area contributed by atoms with Gasteiger partial charge in [-0.15, -0.1) is 0 Å². The average Bonchev–Trinajstić information content (AvgIpc) is 3.43. The van der Waals surface area contributed by atoms with E-state index in [0.29, 0.717) is 12.3 Å². The number of likely N-dealkylation sites (tertiary alicyclic amines) is 1. The Labute approximate surface area is 206 Å². The van der Waals surface area contributed by atoms with Crippen molar-refractivity contribution in [2.24, 2.45) is 0 Å². The van der Waals surface area contributed by atoms with Gasteiger partial charge in [-0.25, -0.2) is 13.1 Å². The highest BCUT2D eigenvalue weighted by Gasteiger charge is 2.24. The van der Waals surface area contributed by atoms with Gasteiger partial charge in [0.15, 0.2) is 0 Å². The van der Waals surface area contributed by atoms with Crippen molar-refractivity contribution in [1.82, 2.24) is 14.9 Å². The maximum atomic E-state index is 13.0. The quantitative estimate of drug-likeness (QED) is 0.443. The summed E-state index contributed by atoms with van der Waals surface area (Å²) in [4.78, 5) is 15.4. The van der Waals surface area contributed by atoms with Gasteiger partial charge in [-0.05, 0) is 74.0 Å². The van der Waals surface area contributed by atoms with Crippen LogP contribution >= 0.6 is 0 Å². The third-order valence-corrected chi connectivity index (χ3v) is 7.61. The summed E-state index contributed by atoms with van der Waals surface area (Å²) in [5.41, 5.74) is 1.39. The fraction of sp³-hybridized carbons (Fsp3) is 0.346. The molecular weight excluding hydrogens is 466 g/mol. The van der Waals surface area contributed by atoms with Crippen molar-refractivity contribution in [2.45, 2.75) is 36.7 Å². The highest BCUT2D eigenvalue weighted by molar-refractivity contribution is 7.89. The molecule has 0 saturated carbocycles. The van der Waals surface area contributed by atoms with Crippen molar-refractivity contribution >= 4 is 15.9 Å². The standard InChI is InChI=1S/C26H31N3O5S/c1-33-22-12-10-20(11-13-22)25(29-14-3-2-4-15-29)19-27-26(30)21-7-5-9-24(17-21)35(31,32)28-18-23-8-6-16-34-23/h5-13,16-17,25,28H,2-4,14-15,18-19H2,1H3,(H,27,30)/t25-/m1/s1. The van der Waals surface area contributed by atoms with Crippen molar-refractivity contribution in [1.29, 1.82) is 0 Å². The Kier molecular flexibility index (Phi) is 8.22. The lowest BCUT2D eigenvalue weighted by atomic mass is 10.0. The molecule has 0 bridgehead atoms. The van der Waals surface area contributed by atoms with Gasteiger partial charge in [0.05, 0.1) is 30.9 Å². The van der Waals surface area contributed by atoms with E-state index in [0.717, 1.165) is 37.2 Å². The summed E-state index contributed by atoms with van der Waals surface area (Å²) in [5.74, 6) is 0.974. The van der Waals surface area contributed by atoms with E-state index in [4.69, 9.17) is 9.15 Å². The monoisotopic (exact) mass is 497 g/mol. The fourth-order valence-corrected chi connectivity index (χ4v) is 5.31. The van der Waals surface area contributed by atoms with Crippen LogP contribution < -0.4 is 14.8 Å². The molecule has 4 rings (SSSR count). The van der Waals surface area contributed by atoms with Gasteiger partial charge in [-0.3, -0.25) is 9.69 Å². The van der Waals surface area contributed by atoms with E-state index in [1.165, 1.54) is 24.8 Å². The Hall–Kier alpha value is -3.14. The van der Waals surface area contributed by atoms with E-state index in [1.54, 1.807) is 31.4 Å². The molecule has 2 N–H and O–H groups in total. The second-order valence-electron chi connectivity index (χ2n) is 8.53. The molecule has 1 amide bonds. The lowest BCUT2D eigenvalue weighted by Gasteiger charge is -2.35. The zero-order valence-corrected chi connectivity index (χ0v) is 20.6. The Morgan fingerprint density at radius 1 is 1.06 bits per heavy atom. The summed E-state index contributed by atoms with van der Waals surface area (Å²) in [6.07, 6.45) is 4.96. The first-order valence-corrected chi connectivity index (χ1v) is 13.2. The second kappa shape index (κ2) is 11.5. The number of nitrogens with zero attached hydrogens (tertiary/aromatic N) is 1. The van der Waals surface area contributed by atoms with E-state index >= 15 is 0 Å².